The molecule has 1 aromatic rings. The minimum absolute atomic E-state index is 0.284. The van der Waals surface area contributed by atoms with Gasteiger partial charge in [-0.15, -0.1) is 0 Å². The van der Waals surface area contributed by atoms with Crippen LogP contribution in [0.4, 0.5) is 0 Å². The molecule has 5 heteroatoms. The molecule has 0 spiro atoms. The summed E-state index contributed by atoms with van der Waals surface area (Å²) >= 11 is 0. The standard InChI is InChI=1S/C11H18N2O3/c1-3-9-8-13(6-5-7-16-4-2)11(15)12-10(9)14/h8H,3-7H2,1-2H3,(H,12,14,15). The van der Waals surface area contributed by atoms with Gasteiger partial charge in [-0.25, -0.2) is 4.79 Å². The van der Waals surface area contributed by atoms with Crippen LogP contribution in [0, 0.1) is 0 Å². The monoisotopic (exact) mass is 226 g/mol. The first-order valence-corrected chi connectivity index (χ1v) is 5.59. The Morgan fingerprint density at radius 3 is 2.75 bits per heavy atom. The molecule has 1 N–H and O–H groups in total. The Kier molecular flexibility index (Phi) is 4.98. The maximum atomic E-state index is 11.4. The molecular weight excluding hydrogens is 208 g/mol. The van der Waals surface area contributed by atoms with E-state index in [0.29, 0.717) is 31.7 Å². The molecule has 0 bridgehead atoms. The highest BCUT2D eigenvalue weighted by Gasteiger charge is 2.02. The molecule has 0 radical (unpaired) electrons. The lowest BCUT2D eigenvalue weighted by atomic mass is 10.2. The summed E-state index contributed by atoms with van der Waals surface area (Å²) in [6.45, 7) is 5.70. The van der Waals surface area contributed by atoms with Gasteiger partial charge >= 0.3 is 5.69 Å². The molecule has 0 aromatic carbocycles. The summed E-state index contributed by atoms with van der Waals surface area (Å²) < 4.78 is 6.72. The maximum absolute atomic E-state index is 11.4. The van der Waals surface area contributed by atoms with Crippen LogP contribution in [-0.4, -0.2) is 22.8 Å². The molecule has 1 rings (SSSR count). The highest BCUT2D eigenvalue weighted by molar-refractivity contribution is 5.03. The van der Waals surface area contributed by atoms with Crippen molar-refractivity contribution in [2.24, 2.45) is 0 Å². The van der Waals surface area contributed by atoms with Crippen molar-refractivity contribution < 1.29 is 4.74 Å². The van der Waals surface area contributed by atoms with Crippen LogP contribution < -0.4 is 11.2 Å². The van der Waals surface area contributed by atoms with Crippen molar-refractivity contribution in [3.63, 3.8) is 0 Å². The number of nitrogens with zero attached hydrogens (tertiary/aromatic N) is 1. The molecule has 1 aromatic heterocycles. The molecule has 5 nitrogen and oxygen atoms in total. The predicted octanol–water partition coefficient (Wildman–Crippen LogP) is 0.526. The first kappa shape index (κ1) is 12.7. The van der Waals surface area contributed by atoms with Crippen LogP contribution in [-0.2, 0) is 17.7 Å². The number of nitrogens with one attached hydrogen (secondary N) is 1. The molecule has 0 unspecified atom stereocenters. The second-order valence-corrected chi connectivity index (χ2v) is 3.51. The molecule has 0 atom stereocenters. The van der Waals surface area contributed by atoms with Crippen molar-refractivity contribution in [1.29, 1.82) is 0 Å². The van der Waals surface area contributed by atoms with Crippen LogP contribution in [0.1, 0.15) is 25.8 Å². The average Bonchev–Trinajstić information content (AvgIpc) is 2.27. The molecular formula is C11H18N2O3. The van der Waals surface area contributed by atoms with E-state index in [1.807, 2.05) is 13.8 Å². The summed E-state index contributed by atoms with van der Waals surface area (Å²) in [6, 6.07) is 0. The van der Waals surface area contributed by atoms with Crippen LogP contribution in [0.3, 0.4) is 0 Å². The Morgan fingerprint density at radius 1 is 1.38 bits per heavy atom. The fourth-order valence-corrected chi connectivity index (χ4v) is 1.45. The summed E-state index contributed by atoms with van der Waals surface area (Å²) in [5.74, 6) is 0. The number of hydrogen-bond acceptors (Lipinski definition) is 3. The minimum atomic E-state index is -0.348. The van der Waals surface area contributed by atoms with Crippen LogP contribution in [0.25, 0.3) is 0 Å². The van der Waals surface area contributed by atoms with Crippen molar-refractivity contribution >= 4 is 0 Å². The molecule has 90 valence electrons. The van der Waals surface area contributed by atoms with Gasteiger partial charge in [0.15, 0.2) is 0 Å². The summed E-state index contributed by atoms with van der Waals surface area (Å²) in [6.07, 6.45) is 3.02. The SMILES string of the molecule is CCOCCCn1cc(CC)c(=O)[nH]c1=O. The van der Waals surface area contributed by atoms with Gasteiger partial charge in [-0.05, 0) is 19.8 Å². The Morgan fingerprint density at radius 2 is 2.12 bits per heavy atom. The lowest BCUT2D eigenvalue weighted by Crippen LogP contribution is -2.31. The van der Waals surface area contributed by atoms with Crippen molar-refractivity contribution in [3.05, 3.63) is 32.6 Å². The van der Waals surface area contributed by atoms with Gasteiger partial charge in [-0.3, -0.25) is 9.78 Å². The Balaban J connectivity index is 2.72. The predicted molar refractivity (Wildman–Crippen MR) is 61.8 cm³/mol. The van der Waals surface area contributed by atoms with Gasteiger partial charge in [0, 0.05) is 31.5 Å². The summed E-state index contributed by atoms with van der Waals surface area (Å²) in [5.41, 5.74) is 0.00302. The molecule has 0 fully saturated rings. The summed E-state index contributed by atoms with van der Waals surface area (Å²) in [4.78, 5) is 25.1. The van der Waals surface area contributed by atoms with Gasteiger partial charge in [0.1, 0.15) is 0 Å². The minimum Gasteiger partial charge on any atom is -0.382 e. The normalized spacial score (nSPS) is 10.6. The summed E-state index contributed by atoms with van der Waals surface area (Å²) in [5, 5.41) is 0. The molecule has 1 heterocycles. The van der Waals surface area contributed by atoms with Crippen molar-refractivity contribution in [3.8, 4) is 0 Å². The Bertz CT molecular complexity index is 434. The zero-order chi connectivity index (χ0) is 12.0. The Labute approximate surface area is 94.1 Å². The van der Waals surface area contributed by atoms with E-state index in [4.69, 9.17) is 4.74 Å². The quantitative estimate of drug-likeness (QED) is 0.719. The largest absolute Gasteiger partial charge is 0.382 e. The van der Waals surface area contributed by atoms with E-state index in [2.05, 4.69) is 4.98 Å². The van der Waals surface area contributed by atoms with Gasteiger partial charge < -0.3 is 9.30 Å². The average molecular weight is 226 g/mol. The first-order chi connectivity index (χ1) is 7.69. The van der Waals surface area contributed by atoms with Gasteiger partial charge in [-0.1, -0.05) is 6.92 Å². The lowest BCUT2D eigenvalue weighted by Gasteiger charge is -2.06. The number of hydrogen-bond donors (Lipinski definition) is 1. The number of rotatable bonds is 6. The lowest BCUT2D eigenvalue weighted by molar-refractivity contribution is 0.141. The van der Waals surface area contributed by atoms with E-state index >= 15 is 0 Å². The second kappa shape index (κ2) is 6.27. The fraction of sp³-hybridized carbons (Fsp3) is 0.636. The number of aromatic amines is 1. The number of H-pyrrole nitrogens is 1. The van der Waals surface area contributed by atoms with Crippen molar-refractivity contribution in [1.82, 2.24) is 9.55 Å². The van der Waals surface area contributed by atoms with Gasteiger partial charge in [-0.2, -0.15) is 0 Å². The van der Waals surface area contributed by atoms with Gasteiger partial charge in [0.2, 0.25) is 0 Å². The second-order valence-electron chi connectivity index (χ2n) is 3.51. The van der Waals surface area contributed by atoms with E-state index in [1.54, 1.807) is 6.20 Å². The van der Waals surface area contributed by atoms with Crippen LogP contribution >= 0.6 is 0 Å². The molecule has 0 aliphatic rings. The van der Waals surface area contributed by atoms with E-state index in [0.717, 1.165) is 6.42 Å². The van der Waals surface area contributed by atoms with E-state index in [-0.39, 0.29) is 11.2 Å². The topological polar surface area (TPSA) is 64.1 Å². The number of ether oxygens (including phenoxy) is 1. The first-order valence-electron chi connectivity index (χ1n) is 5.59. The van der Waals surface area contributed by atoms with Crippen molar-refractivity contribution in [2.45, 2.75) is 33.2 Å². The summed E-state index contributed by atoms with van der Waals surface area (Å²) in [7, 11) is 0. The molecule has 0 aliphatic heterocycles. The van der Waals surface area contributed by atoms with Gasteiger partial charge in [0.25, 0.3) is 5.56 Å². The van der Waals surface area contributed by atoms with E-state index in [1.165, 1.54) is 4.57 Å². The van der Waals surface area contributed by atoms with Crippen LogP contribution in [0.15, 0.2) is 15.8 Å². The zero-order valence-electron chi connectivity index (χ0n) is 9.78. The third-order valence-electron chi connectivity index (χ3n) is 2.36. The zero-order valence-corrected chi connectivity index (χ0v) is 9.78. The highest BCUT2D eigenvalue weighted by atomic mass is 16.5. The van der Waals surface area contributed by atoms with Gasteiger partial charge in [0.05, 0.1) is 0 Å². The van der Waals surface area contributed by atoms with E-state index in [9.17, 15) is 9.59 Å². The molecule has 0 saturated heterocycles. The van der Waals surface area contributed by atoms with Crippen molar-refractivity contribution in [2.75, 3.05) is 13.2 Å². The number of aryl methyl sites for hydroxylation is 2. The third kappa shape index (κ3) is 3.34. The molecule has 0 amide bonds. The smallest absolute Gasteiger partial charge is 0.328 e. The van der Waals surface area contributed by atoms with E-state index < -0.39 is 0 Å². The molecule has 0 aliphatic carbocycles. The fourth-order valence-electron chi connectivity index (χ4n) is 1.45. The maximum Gasteiger partial charge on any atom is 0.328 e. The van der Waals surface area contributed by atoms with Crippen LogP contribution in [0.2, 0.25) is 0 Å². The van der Waals surface area contributed by atoms with Crippen LogP contribution in [0.5, 0.6) is 0 Å². The highest BCUT2D eigenvalue weighted by Crippen LogP contribution is 1.92. The number of aromatic nitrogens is 2. The third-order valence-corrected chi connectivity index (χ3v) is 2.36. The molecule has 16 heavy (non-hydrogen) atoms. The Hall–Kier alpha value is -1.36. The molecule has 0 saturated carbocycles.